The minimum atomic E-state index is -0.609. The van der Waals surface area contributed by atoms with Gasteiger partial charge in [0.15, 0.2) is 5.82 Å². The number of carbonyl (C=O) groups excluding carboxylic acids is 2. The molecule has 4 rings (SSSR count). The summed E-state index contributed by atoms with van der Waals surface area (Å²) in [4.78, 5) is 34.0. The van der Waals surface area contributed by atoms with Crippen molar-refractivity contribution in [2.24, 2.45) is 7.05 Å². The number of amides is 2. The Morgan fingerprint density at radius 2 is 2.00 bits per heavy atom. The third kappa shape index (κ3) is 5.92. The van der Waals surface area contributed by atoms with Crippen LogP contribution in [-0.2, 0) is 28.6 Å². The maximum absolute atomic E-state index is 13.0. The molecule has 10 heteroatoms. The highest BCUT2D eigenvalue weighted by Crippen LogP contribution is 2.34. The molecule has 36 heavy (non-hydrogen) atoms. The highest BCUT2D eigenvalue weighted by atomic mass is 16.5. The number of imidazole rings is 1. The van der Waals surface area contributed by atoms with Gasteiger partial charge in [0.05, 0.1) is 7.11 Å². The van der Waals surface area contributed by atoms with Crippen molar-refractivity contribution in [3.05, 3.63) is 59.8 Å². The smallest absolute Gasteiger partial charge is 0.227 e. The Morgan fingerprint density at radius 3 is 2.67 bits per heavy atom. The van der Waals surface area contributed by atoms with Gasteiger partial charge in [0.1, 0.15) is 23.2 Å². The molecule has 0 saturated heterocycles. The van der Waals surface area contributed by atoms with Crippen molar-refractivity contribution < 1.29 is 18.8 Å². The standard InChI is InChI=1S/C26H34N6O4/c1-18(33)30-26(13-6-4-5-7-14-26)25-29-22(36-31-25)12-11-21(34)28-23(24-27-15-16-32(24)2)19-9-8-10-20(17-19)35-3/h8-10,15-17,23H,4-7,11-14H2,1-3H3,(H,28,34)(H,30,33). The molecule has 1 atom stereocenters. The summed E-state index contributed by atoms with van der Waals surface area (Å²) in [7, 11) is 3.50. The predicted octanol–water partition coefficient (Wildman–Crippen LogP) is 3.34. The molecular formula is C26H34N6O4. The fourth-order valence-corrected chi connectivity index (χ4v) is 4.85. The van der Waals surface area contributed by atoms with Gasteiger partial charge in [0.25, 0.3) is 0 Å². The largest absolute Gasteiger partial charge is 0.497 e. The number of nitrogens with zero attached hydrogens (tertiary/aromatic N) is 4. The monoisotopic (exact) mass is 494 g/mol. The Balaban J connectivity index is 1.46. The lowest BCUT2D eigenvalue weighted by atomic mass is 9.89. The number of nitrogens with one attached hydrogen (secondary N) is 2. The Hall–Kier alpha value is -3.69. The summed E-state index contributed by atoms with van der Waals surface area (Å²) in [6.45, 7) is 1.51. The van der Waals surface area contributed by atoms with Crippen LogP contribution >= 0.6 is 0 Å². The van der Waals surface area contributed by atoms with E-state index >= 15 is 0 Å². The molecule has 192 valence electrons. The first-order valence-corrected chi connectivity index (χ1v) is 12.4. The Bertz CT molecular complexity index is 1180. The van der Waals surface area contributed by atoms with Crippen LogP contribution in [0.5, 0.6) is 5.75 Å². The van der Waals surface area contributed by atoms with Crippen LogP contribution in [0.3, 0.4) is 0 Å². The zero-order valence-corrected chi connectivity index (χ0v) is 21.1. The van der Waals surface area contributed by atoms with E-state index in [0.717, 1.165) is 44.1 Å². The molecule has 3 aromatic rings. The van der Waals surface area contributed by atoms with E-state index in [-0.39, 0.29) is 18.2 Å². The SMILES string of the molecule is COc1cccc(C(NC(=O)CCc2nc(C3(NC(C)=O)CCCCCC3)no2)c2nccn2C)c1. The van der Waals surface area contributed by atoms with Crippen LogP contribution in [0, 0.1) is 0 Å². The van der Waals surface area contributed by atoms with E-state index in [9.17, 15) is 9.59 Å². The predicted molar refractivity (Wildman–Crippen MR) is 132 cm³/mol. The minimum Gasteiger partial charge on any atom is -0.497 e. The molecule has 0 aliphatic heterocycles. The van der Waals surface area contributed by atoms with Crippen molar-refractivity contribution in [3.63, 3.8) is 0 Å². The molecule has 2 aromatic heterocycles. The topological polar surface area (TPSA) is 124 Å². The molecule has 10 nitrogen and oxygen atoms in total. The second-order valence-corrected chi connectivity index (χ2v) is 9.36. The normalized spacial score (nSPS) is 16.1. The average Bonchev–Trinajstić information content (AvgIpc) is 3.46. The molecule has 2 heterocycles. The van der Waals surface area contributed by atoms with Gasteiger partial charge in [-0.2, -0.15) is 4.98 Å². The van der Waals surface area contributed by atoms with E-state index in [1.807, 2.05) is 42.1 Å². The molecule has 0 radical (unpaired) electrons. The molecule has 0 bridgehead atoms. The van der Waals surface area contributed by atoms with Crippen molar-refractivity contribution >= 4 is 11.8 Å². The molecular weight excluding hydrogens is 460 g/mol. The minimum absolute atomic E-state index is 0.111. The summed E-state index contributed by atoms with van der Waals surface area (Å²) in [5.41, 5.74) is 0.254. The van der Waals surface area contributed by atoms with Crippen molar-refractivity contribution in [3.8, 4) is 5.75 Å². The van der Waals surface area contributed by atoms with Gasteiger partial charge < -0.3 is 24.5 Å². The second kappa shape index (κ2) is 11.4. The van der Waals surface area contributed by atoms with Gasteiger partial charge in [-0.15, -0.1) is 0 Å². The average molecular weight is 495 g/mol. The molecule has 0 spiro atoms. The first-order valence-electron chi connectivity index (χ1n) is 12.4. The molecule has 2 amide bonds. The molecule has 1 aliphatic rings. The van der Waals surface area contributed by atoms with Crippen LogP contribution in [0.2, 0.25) is 0 Å². The number of rotatable bonds is 9. The van der Waals surface area contributed by atoms with E-state index in [1.165, 1.54) is 6.92 Å². The number of aryl methyl sites for hydroxylation is 2. The number of carbonyl (C=O) groups is 2. The summed E-state index contributed by atoms with van der Waals surface area (Å²) < 4.78 is 12.7. The summed E-state index contributed by atoms with van der Waals surface area (Å²) in [6.07, 6.45) is 9.78. The third-order valence-electron chi connectivity index (χ3n) is 6.68. The summed E-state index contributed by atoms with van der Waals surface area (Å²) in [5.74, 6) is 2.01. The van der Waals surface area contributed by atoms with E-state index in [2.05, 4.69) is 25.8 Å². The lowest BCUT2D eigenvalue weighted by Gasteiger charge is -2.30. The fourth-order valence-electron chi connectivity index (χ4n) is 4.85. The highest BCUT2D eigenvalue weighted by Gasteiger charge is 2.38. The third-order valence-corrected chi connectivity index (χ3v) is 6.68. The quantitative estimate of drug-likeness (QED) is 0.437. The van der Waals surface area contributed by atoms with Crippen LogP contribution in [-0.4, -0.2) is 38.6 Å². The molecule has 1 unspecified atom stereocenters. The summed E-state index contributed by atoms with van der Waals surface area (Å²) in [6, 6.07) is 7.11. The van der Waals surface area contributed by atoms with Gasteiger partial charge in [-0.05, 0) is 30.5 Å². The fraction of sp³-hybridized carbons (Fsp3) is 0.500. The molecule has 1 aliphatic carbocycles. The maximum atomic E-state index is 13.0. The Morgan fingerprint density at radius 1 is 1.22 bits per heavy atom. The number of benzene rings is 1. The molecule has 2 N–H and O–H groups in total. The number of ether oxygens (including phenoxy) is 1. The van der Waals surface area contributed by atoms with Crippen LogP contribution < -0.4 is 15.4 Å². The van der Waals surface area contributed by atoms with Crippen molar-refractivity contribution in [2.75, 3.05) is 7.11 Å². The number of hydrogen-bond acceptors (Lipinski definition) is 7. The summed E-state index contributed by atoms with van der Waals surface area (Å²) >= 11 is 0. The molecule has 1 fully saturated rings. The van der Waals surface area contributed by atoms with Crippen molar-refractivity contribution in [2.45, 2.75) is 69.9 Å². The van der Waals surface area contributed by atoms with Crippen LogP contribution in [0.25, 0.3) is 0 Å². The lowest BCUT2D eigenvalue weighted by molar-refractivity contribution is -0.122. The zero-order chi connectivity index (χ0) is 25.5. The van der Waals surface area contributed by atoms with Crippen LogP contribution in [0.1, 0.15) is 81.0 Å². The van der Waals surface area contributed by atoms with Crippen LogP contribution in [0.15, 0.2) is 41.2 Å². The van der Waals surface area contributed by atoms with Gasteiger partial charge in [0.2, 0.25) is 17.7 Å². The number of methoxy groups -OCH3 is 1. The number of aromatic nitrogens is 4. The first-order chi connectivity index (χ1) is 17.4. The maximum Gasteiger partial charge on any atom is 0.227 e. The van der Waals surface area contributed by atoms with E-state index in [4.69, 9.17) is 9.26 Å². The van der Waals surface area contributed by atoms with Gasteiger partial charge >= 0.3 is 0 Å². The van der Waals surface area contributed by atoms with Gasteiger partial charge in [0, 0.05) is 39.2 Å². The Kier molecular flexibility index (Phi) is 8.02. The first kappa shape index (κ1) is 25.4. The highest BCUT2D eigenvalue weighted by molar-refractivity contribution is 5.77. The van der Waals surface area contributed by atoms with E-state index in [1.54, 1.807) is 13.3 Å². The Labute approximate surface area is 210 Å². The lowest BCUT2D eigenvalue weighted by Crippen LogP contribution is -2.45. The van der Waals surface area contributed by atoms with Crippen molar-refractivity contribution in [1.82, 2.24) is 30.3 Å². The van der Waals surface area contributed by atoms with Gasteiger partial charge in [-0.25, -0.2) is 4.98 Å². The van der Waals surface area contributed by atoms with Crippen molar-refractivity contribution in [1.29, 1.82) is 0 Å². The summed E-state index contributed by atoms with van der Waals surface area (Å²) in [5, 5.41) is 10.4. The van der Waals surface area contributed by atoms with Crippen LogP contribution in [0.4, 0.5) is 0 Å². The van der Waals surface area contributed by atoms with E-state index < -0.39 is 11.6 Å². The molecule has 1 saturated carbocycles. The van der Waals surface area contributed by atoms with Gasteiger partial charge in [-0.3, -0.25) is 9.59 Å². The number of hydrogen-bond donors (Lipinski definition) is 2. The second-order valence-electron chi connectivity index (χ2n) is 9.36. The molecule has 1 aromatic carbocycles. The zero-order valence-electron chi connectivity index (χ0n) is 21.1. The van der Waals surface area contributed by atoms with E-state index in [0.29, 0.717) is 29.7 Å². The van der Waals surface area contributed by atoms with Gasteiger partial charge in [-0.1, -0.05) is 43.0 Å².